The Morgan fingerprint density at radius 2 is 1.62 bits per heavy atom. The predicted octanol–water partition coefficient (Wildman–Crippen LogP) is 6.13. The molecule has 5 aliphatic rings. The minimum atomic E-state index is -0.826. The van der Waals surface area contributed by atoms with Crippen molar-refractivity contribution in [2.24, 2.45) is 22.7 Å². The van der Waals surface area contributed by atoms with Gasteiger partial charge in [-0.25, -0.2) is 0 Å². The van der Waals surface area contributed by atoms with Crippen LogP contribution in [0.25, 0.3) is 0 Å². The number of phenols is 1. The Morgan fingerprint density at radius 3 is 2.12 bits per heavy atom. The average Bonchev–Trinajstić information content (AvgIpc) is 3.39. The number of hydrogen-bond donors (Lipinski definition) is 1. The second-order valence-electron chi connectivity index (χ2n) is 9.03. The summed E-state index contributed by atoms with van der Waals surface area (Å²) in [6.45, 7) is 2.16. The molecule has 0 aromatic heterocycles. The quantitative estimate of drug-likeness (QED) is 0.529. The van der Waals surface area contributed by atoms with Crippen LogP contribution in [-0.4, -0.2) is 17.4 Å². The number of rotatable bonds is 3. The molecule has 0 spiro atoms. The van der Waals surface area contributed by atoms with Gasteiger partial charge in [0, 0.05) is 17.3 Å². The van der Waals surface area contributed by atoms with Gasteiger partial charge in [-0.1, -0.05) is 6.07 Å². The molecule has 1 aromatic rings. The van der Waals surface area contributed by atoms with Gasteiger partial charge in [-0.05, 0) is 93.1 Å². The van der Waals surface area contributed by atoms with Gasteiger partial charge in [0.15, 0.2) is 0 Å². The molecule has 140 valence electrons. The molecule has 0 atom stereocenters. The zero-order valence-electron chi connectivity index (χ0n) is 15.3. The van der Waals surface area contributed by atoms with E-state index in [2.05, 4.69) is 24.0 Å². The van der Waals surface area contributed by atoms with E-state index in [4.69, 9.17) is 17.0 Å². The summed E-state index contributed by atoms with van der Waals surface area (Å²) in [7, 11) is 9.87. The monoisotopic (exact) mass is 469 g/mol. The Bertz CT molecular complexity index is 666. The number of aryl methyl sites for hydroxylation is 1. The van der Waals surface area contributed by atoms with Crippen LogP contribution in [0.4, 0.5) is 0 Å². The first kappa shape index (κ1) is 19.5. The molecular weight excluding hydrogens is 444 g/mol. The fourth-order valence-electron chi connectivity index (χ4n) is 6.16. The van der Waals surface area contributed by atoms with Crippen LogP contribution in [0, 0.1) is 24.7 Å². The van der Waals surface area contributed by atoms with Crippen LogP contribution in [0.2, 0.25) is 0 Å². The first-order valence-electron chi connectivity index (χ1n) is 9.86. The molecule has 1 aromatic carbocycles. The standard InChI is InChI=1S/C21H27NO.2ClH.Zr/c1-13-4-17(12-22-18-2-3-18)20(23)19(5-13)21-9-14-6-15(10-21)8-16(7-14)11-21;;;/h4-5,12,14-16,18,23H,2-3,6-11H2,1H3;2*1H;/q;;;+2/p-2. The van der Waals surface area contributed by atoms with E-state index in [1.54, 1.807) is 0 Å². The predicted molar refractivity (Wildman–Crippen MR) is 105 cm³/mol. The molecular formula is C21H27Cl2NOZr. The van der Waals surface area contributed by atoms with E-state index in [1.807, 2.05) is 6.21 Å². The number of benzene rings is 1. The van der Waals surface area contributed by atoms with E-state index in [0.717, 1.165) is 23.3 Å². The zero-order valence-corrected chi connectivity index (χ0v) is 19.3. The Morgan fingerprint density at radius 1 is 1.08 bits per heavy atom. The number of hydrogen-bond acceptors (Lipinski definition) is 2. The SMILES string of the molecule is Cc1cc(C=NC2CC2)c(O)c(C23CC4CC(CC(C4)C2)C3)c1.[Cl][Zr][Cl]. The van der Waals surface area contributed by atoms with Gasteiger partial charge in [-0.3, -0.25) is 4.99 Å². The maximum absolute atomic E-state index is 11.0. The summed E-state index contributed by atoms with van der Waals surface area (Å²) in [6.07, 6.45) is 12.6. The van der Waals surface area contributed by atoms with E-state index in [-0.39, 0.29) is 5.41 Å². The van der Waals surface area contributed by atoms with Crippen LogP contribution in [0.5, 0.6) is 5.75 Å². The van der Waals surface area contributed by atoms with Crippen LogP contribution in [-0.2, 0) is 26.3 Å². The number of nitrogens with zero attached hydrogens (tertiary/aromatic N) is 1. The Balaban J connectivity index is 0.000000527. The molecule has 4 bridgehead atoms. The molecule has 6 rings (SSSR count). The van der Waals surface area contributed by atoms with Crippen molar-refractivity contribution in [2.75, 3.05) is 0 Å². The van der Waals surface area contributed by atoms with Gasteiger partial charge >= 0.3 is 37.9 Å². The zero-order chi connectivity index (χ0) is 18.3. The topological polar surface area (TPSA) is 32.6 Å². The van der Waals surface area contributed by atoms with Crippen LogP contribution in [0.15, 0.2) is 17.1 Å². The summed E-state index contributed by atoms with van der Waals surface area (Å²) in [5.41, 5.74) is 3.72. The Labute approximate surface area is 175 Å². The van der Waals surface area contributed by atoms with Crippen molar-refractivity contribution in [2.45, 2.75) is 69.7 Å². The molecule has 0 amide bonds. The fraction of sp³-hybridized carbons (Fsp3) is 0.667. The third-order valence-electron chi connectivity index (χ3n) is 6.86. The molecule has 0 saturated heterocycles. The number of halogens is 2. The Hall–Kier alpha value is 0.153. The van der Waals surface area contributed by atoms with Crippen LogP contribution in [0.1, 0.15) is 68.1 Å². The molecule has 0 aliphatic heterocycles. The third-order valence-corrected chi connectivity index (χ3v) is 6.86. The fourth-order valence-corrected chi connectivity index (χ4v) is 6.16. The summed E-state index contributed by atoms with van der Waals surface area (Å²) < 4.78 is 0. The van der Waals surface area contributed by atoms with Crippen molar-refractivity contribution in [1.29, 1.82) is 0 Å². The van der Waals surface area contributed by atoms with Gasteiger partial charge in [-0.15, -0.1) is 0 Å². The van der Waals surface area contributed by atoms with Crippen molar-refractivity contribution in [3.63, 3.8) is 0 Å². The van der Waals surface area contributed by atoms with Crippen LogP contribution in [0.3, 0.4) is 0 Å². The van der Waals surface area contributed by atoms with Gasteiger partial charge in [-0.2, -0.15) is 0 Å². The third kappa shape index (κ3) is 3.96. The van der Waals surface area contributed by atoms with Crippen molar-refractivity contribution >= 4 is 23.2 Å². The van der Waals surface area contributed by atoms with Crippen LogP contribution >= 0.6 is 17.0 Å². The van der Waals surface area contributed by atoms with Gasteiger partial charge < -0.3 is 5.11 Å². The number of aromatic hydroxyl groups is 1. The summed E-state index contributed by atoms with van der Waals surface area (Å²) in [5, 5.41) is 11.0. The summed E-state index contributed by atoms with van der Waals surface area (Å²) in [5.74, 6) is 3.25. The first-order valence-corrected chi connectivity index (χ1v) is 16.2. The van der Waals surface area contributed by atoms with Crippen molar-refractivity contribution in [1.82, 2.24) is 0 Å². The summed E-state index contributed by atoms with van der Waals surface area (Å²) in [4.78, 5) is 4.61. The van der Waals surface area contributed by atoms with Crippen molar-refractivity contribution < 1.29 is 26.0 Å². The van der Waals surface area contributed by atoms with E-state index < -0.39 is 20.8 Å². The molecule has 5 heteroatoms. The van der Waals surface area contributed by atoms with Gasteiger partial charge in [0.25, 0.3) is 0 Å². The van der Waals surface area contributed by atoms with Gasteiger partial charge in [0.05, 0.1) is 6.04 Å². The van der Waals surface area contributed by atoms with E-state index in [9.17, 15) is 5.11 Å². The van der Waals surface area contributed by atoms with Crippen molar-refractivity contribution in [3.05, 3.63) is 28.8 Å². The molecule has 2 nitrogen and oxygen atoms in total. The number of aliphatic imine (C=N–C) groups is 1. The molecule has 5 saturated carbocycles. The first-order chi connectivity index (χ1) is 12.5. The molecule has 5 aliphatic carbocycles. The maximum atomic E-state index is 11.0. The van der Waals surface area contributed by atoms with Crippen molar-refractivity contribution in [3.8, 4) is 5.75 Å². The van der Waals surface area contributed by atoms with E-state index >= 15 is 0 Å². The molecule has 5 fully saturated rings. The Kier molecular flexibility index (Phi) is 5.90. The van der Waals surface area contributed by atoms with Gasteiger partial charge in [0.1, 0.15) is 5.75 Å². The molecule has 0 unspecified atom stereocenters. The second kappa shape index (κ2) is 7.88. The van der Waals surface area contributed by atoms with E-state index in [1.165, 1.54) is 62.5 Å². The summed E-state index contributed by atoms with van der Waals surface area (Å²) in [6, 6.07) is 4.89. The number of phenolic OH excluding ortho intramolecular Hbond substituents is 1. The molecule has 1 N–H and O–H groups in total. The second-order valence-corrected chi connectivity index (χ2v) is 12.8. The van der Waals surface area contributed by atoms with Gasteiger partial charge in [0.2, 0.25) is 0 Å². The normalized spacial score (nSPS) is 34.7. The average molecular weight is 472 g/mol. The van der Waals surface area contributed by atoms with Crippen LogP contribution < -0.4 is 0 Å². The molecule has 26 heavy (non-hydrogen) atoms. The summed E-state index contributed by atoms with van der Waals surface area (Å²) >= 11 is -0.826. The molecule has 0 heterocycles. The molecule has 0 radical (unpaired) electrons. The minimum absolute atomic E-state index is 0.257. The van der Waals surface area contributed by atoms with E-state index in [0.29, 0.717) is 11.8 Å².